The average Bonchev–Trinajstić information content (AvgIpc) is 3.75. The van der Waals surface area contributed by atoms with E-state index in [0.29, 0.717) is 11.3 Å². The number of thiophene rings is 1. The van der Waals surface area contributed by atoms with Crippen LogP contribution in [-0.4, -0.2) is 14.5 Å². The maximum atomic E-state index is 6.44. The van der Waals surface area contributed by atoms with E-state index in [-0.39, 0.29) is 5.28 Å². The van der Waals surface area contributed by atoms with Gasteiger partial charge in [0, 0.05) is 42.9 Å². The zero-order valence-electron chi connectivity index (χ0n) is 23.1. The molecule has 6 aromatic carbocycles. The van der Waals surface area contributed by atoms with Crippen LogP contribution in [0.2, 0.25) is 5.28 Å². The van der Waals surface area contributed by atoms with Crippen LogP contribution >= 0.6 is 22.9 Å². The molecule has 6 heteroatoms. The minimum atomic E-state index is 0.199. The van der Waals surface area contributed by atoms with Gasteiger partial charge in [0.2, 0.25) is 5.28 Å². The highest BCUT2D eigenvalue weighted by Gasteiger charge is 2.22. The lowest BCUT2D eigenvalue weighted by Gasteiger charge is -2.11. The maximum Gasteiger partial charge on any atom is 0.223 e. The maximum absolute atomic E-state index is 6.44. The summed E-state index contributed by atoms with van der Waals surface area (Å²) in [6.07, 6.45) is 0. The molecule has 0 saturated carbocycles. The molecule has 0 fully saturated rings. The second-order valence-corrected chi connectivity index (χ2v) is 12.5. The number of rotatable bonds is 2. The summed E-state index contributed by atoms with van der Waals surface area (Å²) in [5, 5.41) is 8.83. The Morgan fingerprint density at radius 3 is 2.09 bits per heavy atom. The van der Waals surface area contributed by atoms with Crippen LogP contribution in [0.25, 0.3) is 91.8 Å². The van der Waals surface area contributed by atoms with Gasteiger partial charge in [-0.3, -0.25) is 0 Å². The Morgan fingerprint density at radius 2 is 1.27 bits per heavy atom. The van der Waals surface area contributed by atoms with Gasteiger partial charge in [-0.2, -0.15) is 0 Å². The summed E-state index contributed by atoms with van der Waals surface area (Å²) < 4.78 is 11.3. The van der Waals surface area contributed by atoms with Crippen LogP contribution in [0.5, 0.6) is 0 Å². The van der Waals surface area contributed by atoms with Gasteiger partial charge < -0.3 is 8.98 Å². The van der Waals surface area contributed by atoms with Gasteiger partial charge in [0.1, 0.15) is 16.8 Å². The fourth-order valence-electron chi connectivity index (χ4n) is 6.92. The van der Waals surface area contributed by atoms with Crippen LogP contribution in [-0.2, 0) is 0 Å². The summed E-state index contributed by atoms with van der Waals surface area (Å²) in [7, 11) is 0. The summed E-state index contributed by atoms with van der Waals surface area (Å²) in [5.74, 6) is 0. The molecule has 0 saturated heterocycles. The number of benzene rings is 6. The van der Waals surface area contributed by atoms with Crippen molar-refractivity contribution in [2.45, 2.75) is 0 Å². The van der Waals surface area contributed by atoms with Crippen molar-refractivity contribution in [3.05, 3.63) is 127 Å². The quantitative estimate of drug-likeness (QED) is 0.185. The fourth-order valence-corrected chi connectivity index (χ4v) is 8.35. The van der Waals surface area contributed by atoms with E-state index >= 15 is 0 Å². The Morgan fingerprint density at radius 1 is 0.614 bits per heavy atom. The van der Waals surface area contributed by atoms with Crippen molar-refractivity contribution in [2.24, 2.45) is 0 Å². The number of nitrogens with zero attached hydrogens (tertiary/aromatic N) is 3. The van der Waals surface area contributed by atoms with Crippen molar-refractivity contribution in [3.8, 4) is 16.9 Å². The van der Waals surface area contributed by atoms with Crippen molar-refractivity contribution in [3.63, 3.8) is 0 Å². The van der Waals surface area contributed by atoms with Crippen LogP contribution in [0, 0.1) is 0 Å². The minimum absolute atomic E-state index is 0.199. The lowest BCUT2D eigenvalue weighted by atomic mass is 9.99. The summed E-state index contributed by atoms with van der Waals surface area (Å²) in [4.78, 5) is 9.12. The molecule has 4 heterocycles. The van der Waals surface area contributed by atoms with Gasteiger partial charge in [0.15, 0.2) is 5.58 Å². The third kappa shape index (κ3) is 3.23. The Bertz CT molecular complexity index is 2790. The smallest absolute Gasteiger partial charge is 0.223 e. The van der Waals surface area contributed by atoms with Crippen molar-refractivity contribution in [1.29, 1.82) is 0 Å². The minimum Gasteiger partial charge on any atom is -0.452 e. The molecular weight excluding hydrogens is 582 g/mol. The van der Waals surface area contributed by atoms with Crippen LogP contribution in [0.15, 0.2) is 126 Å². The van der Waals surface area contributed by atoms with Gasteiger partial charge in [0.25, 0.3) is 0 Å². The van der Waals surface area contributed by atoms with E-state index in [2.05, 4.69) is 112 Å². The highest BCUT2D eigenvalue weighted by Crippen LogP contribution is 2.47. The third-order valence-corrected chi connectivity index (χ3v) is 10.1. The predicted octanol–water partition coefficient (Wildman–Crippen LogP) is 11.3. The van der Waals surface area contributed by atoms with Gasteiger partial charge in [-0.1, -0.05) is 84.9 Å². The second kappa shape index (κ2) is 8.89. The third-order valence-electron chi connectivity index (χ3n) is 8.74. The van der Waals surface area contributed by atoms with E-state index in [1.54, 1.807) is 0 Å². The lowest BCUT2D eigenvalue weighted by Crippen LogP contribution is -1.95. The molecule has 0 bridgehead atoms. The van der Waals surface area contributed by atoms with E-state index in [1.165, 1.54) is 52.8 Å². The average molecular weight is 602 g/mol. The second-order valence-electron chi connectivity index (χ2n) is 11.1. The number of hydrogen-bond donors (Lipinski definition) is 0. The topological polar surface area (TPSA) is 43.9 Å². The molecule has 206 valence electrons. The number of furan rings is 1. The van der Waals surface area contributed by atoms with Crippen molar-refractivity contribution in [1.82, 2.24) is 14.5 Å². The number of aromatic nitrogens is 3. The Hall–Kier alpha value is -5.23. The molecular formula is C38H20ClN3OS. The van der Waals surface area contributed by atoms with Crippen LogP contribution in [0.4, 0.5) is 0 Å². The molecule has 4 nitrogen and oxygen atoms in total. The zero-order chi connectivity index (χ0) is 28.9. The number of hydrogen-bond acceptors (Lipinski definition) is 4. The fraction of sp³-hybridized carbons (Fsp3) is 0. The van der Waals surface area contributed by atoms with Crippen molar-refractivity contribution in [2.75, 3.05) is 0 Å². The summed E-state index contributed by atoms with van der Waals surface area (Å²) in [6.45, 7) is 0. The van der Waals surface area contributed by atoms with Crippen molar-refractivity contribution < 1.29 is 4.42 Å². The Kier molecular flexibility index (Phi) is 4.90. The number of para-hydroxylation sites is 2. The summed E-state index contributed by atoms with van der Waals surface area (Å²) >= 11 is 8.31. The number of halogens is 1. The normalized spacial score (nSPS) is 12.2. The summed E-state index contributed by atoms with van der Waals surface area (Å²) in [6, 6.07) is 42.7. The molecule has 0 N–H and O–H groups in total. The first-order chi connectivity index (χ1) is 21.7. The SMILES string of the molecule is Clc1nc(-c2ccc(-n3c4ccccc4c4c5ccccc5c5c6ccccc6sc5c43)cc2)c2oc3ccccc3c2n1. The van der Waals surface area contributed by atoms with Gasteiger partial charge in [-0.25, -0.2) is 9.97 Å². The molecule has 0 unspecified atom stereocenters. The molecule has 0 radical (unpaired) electrons. The standard InChI is InChI=1S/C38H20ClN3OS/c39-38-40-33(36-34(41-38)26-12-4-7-15-29(26)43-36)21-17-19-22(20-18-21)42-28-14-6-3-11-25(28)31-23-9-1-2-10-24(23)32-27-13-5-8-16-30(27)44-37(32)35(31)42/h1-20H. The molecule has 0 spiro atoms. The molecule has 0 aliphatic heterocycles. The van der Waals surface area contributed by atoms with Gasteiger partial charge in [-0.05, 0) is 58.8 Å². The van der Waals surface area contributed by atoms with E-state index < -0.39 is 0 Å². The molecule has 4 aromatic heterocycles. The predicted molar refractivity (Wildman–Crippen MR) is 184 cm³/mol. The first-order valence-electron chi connectivity index (χ1n) is 14.5. The van der Waals surface area contributed by atoms with Gasteiger partial charge >= 0.3 is 0 Å². The van der Waals surface area contributed by atoms with E-state index in [9.17, 15) is 0 Å². The van der Waals surface area contributed by atoms with Gasteiger partial charge in [0.05, 0.1) is 15.7 Å². The molecule has 10 aromatic rings. The highest BCUT2D eigenvalue weighted by molar-refractivity contribution is 7.27. The van der Waals surface area contributed by atoms with Crippen LogP contribution in [0.3, 0.4) is 0 Å². The monoisotopic (exact) mass is 601 g/mol. The molecule has 0 aliphatic rings. The molecule has 10 rings (SSSR count). The molecule has 0 atom stereocenters. The lowest BCUT2D eigenvalue weighted by molar-refractivity contribution is 0.667. The Balaban J connectivity index is 1.28. The first-order valence-corrected chi connectivity index (χ1v) is 15.6. The molecule has 0 amide bonds. The molecule has 0 aliphatic carbocycles. The van der Waals surface area contributed by atoms with E-state index in [4.69, 9.17) is 16.0 Å². The first kappa shape index (κ1) is 24.2. The van der Waals surface area contributed by atoms with Crippen LogP contribution in [0.1, 0.15) is 0 Å². The summed E-state index contributed by atoms with van der Waals surface area (Å²) in [5.41, 5.74) is 7.22. The van der Waals surface area contributed by atoms with E-state index in [0.717, 1.165) is 27.7 Å². The van der Waals surface area contributed by atoms with Gasteiger partial charge in [-0.15, -0.1) is 11.3 Å². The van der Waals surface area contributed by atoms with E-state index in [1.807, 2.05) is 35.6 Å². The zero-order valence-corrected chi connectivity index (χ0v) is 24.7. The number of fused-ring (bicyclic) bond motifs is 13. The van der Waals surface area contributed by atoms with Crippen LogP contribution < -0.4 is 0 Å². The molecule has 44 heavy (non-hydrogen) atoms. The van der Waals surface area contributed by atoms with Crippen molar-refractivity contribution >= 4 is 97.8 Å². The Labute approximate surface area is 259 Å². The highest BCUT2D eigenvalue weighted by atomic mass is 35.5. The largest absolute Gasteiger partial charge is 0.452 e.